The maximum atomic E-state index is 5.17. The van der Waals surface area contributed by atoms with E-state index in [4.69, 9.17) is 10.6 Å². The third-order valence-corrected chi connectivity index (χ3v) is 1.43. The zero-order valence-corrected chi connectivity index (χ0v) is 7.83. The molecule has 0 radical (unpaired) electrons. The molecule has 0 saturated carbocycles. The molecular formula is C9H10N2OS. The van der Waals surface area contributed by atoms with Gasteiger partial charge in [0.1, 0.15) is 17.8 Å². The minimum absolute atomic E-state index is 0.216. The Morgan fingerprint density at radius 3 is 2.77 bits per heavy atom. The predicted molar refractivity (Wildman–Crippen MR) is 56.5 cm³/mol. The summed E-state index contributed by atoms with van der Waals surface area (Å²) in [6.45, 7) is 0.431. The van der Waals surface area contributed by atoms with Gasteiger partial charge in [0.25, 0.3) is 0 Å². The minimum Gasteiger partial charge on any atom is -0.391 e. The number of nitrogens with two attached hydrogens (primary N) is 1. The molecule has 0 aliphatic heterocycles. The van der Waals surface area contributed by atoms with E-state index >= 15 is 0 Å². The molecule has 68 valence electrons. The van der Waals surface area contributed by atoms with Crippen molar-refractivity contribution in [1.29, 1.82) is 0 Å². The fraction of sp³-hybridized carbons (Fsp3) is 0.111. The molecule has 0 unspecified atom stereocenters. The van der Waals surface area contributed by atoms with E-state index < -0.39 is 0 Å². The van der Waals surface area contributed by atoms with Crippen molar-refractivity contribution < 1.29 is 4.84 Å². The monoisotopic (exact) mass is 194 g/mol. The third-order valence-electron chi connectivity index (χ3n) is 1.33. The van der Waals surface area contributed by atoms with Crippen molar-refractivity contribution in [2.45, 2.75) is 6.61 Å². The third kappa shape index (κ3) is 4.22. The number of benzene rings is 1. The molecule has 0 bridgehead atoms. The average molecular weight is 194 g/mol. The maximum Gasteiger partial charge on any atom is 0.142 e. The van der Waals surface area contributed by atoms with E-state index in [-0.39, 0.29) is 4.99 Å². The fourth-order valence-corrected chi connectivity index (χ4v) is 0.818. The highest BCUT2D eigenvalue weighted by Gasteiger charge is 1.88. The van der Waals surface area contributed by atoms with Gasteiger partial charge in [0.05, 0.1) is 0 Å². The van der Waals surface area contributed by atoms with E-state index in [9.17, 15) is 0 Å². The molecular weight excluding hydrogens is 184 g/mol. The Kier molecular flexibility index (Phi) is 3.92. The molecule has 0 aromatic heterocycles. The van der Waals surface area contributed by atoms with Gasteiger partial charge in [0, 0.05) is 0 Å². The van der Waals surface area contributed by atoms with Crippen LogP contribution in [0.15, 0.2) is 35.5 Å². The first-order chi connectivity index (χ1) is 6.29. The van der Waals surface area contributed by atoms with E-state index in [2.05, 4.69) is 17.4 Å². The van der Waals surface area contributed by atoms with Gasteiger partial charge in [-0.3, -0.25) is 0 Å². The summed E-state index contributed by atoms with van der Waals surface area (Å²) in [5.74, 6) is 0. The molecule has 3 nitrogen and oxygen atoms in total. The summed E-state index contributed by atoms with van der Waals surface area (Å²) < 4.78 is 0. The van der Waals surface area contributed by atoms with Crippen molar-refractivity contribution in [3.8, 4) is 0 Å². The van der Waals surface area contributed by atoms with Gasteiger partial charge in [-0.1, -0.05) is 47.7 Å². The number of oxime groups is 1. The van der Waals surface area contributed by atoms with Crippen molar-refractivity contribution in [2.75, 3.05) is 0 Å². The number of thiocarbonyl (C=S) groups is 1. The second kappa shape index (κ2) is 5.27. The summed E-state index contributed by atoms with van der Waals surface area (Å²) in [4.78, 5) is 5.15. The van der Waals surface area contributed by atoms with Gasteiger partial charge in [-0.05, 0) is 5.56 Å². The molecule has 1 rings (SSSR count). The average Bonchev–Trinajstić information content (AvgIpc) is 2.14. The minimum atomic E-state index is 0.216. The molecule has 1 aromatic carbocycles. The van der Waals surface area contributed by atoms with E-state index in [1.807, 2.05) is 30.3 Å². The lowest BCUT2D eigenvalue weighted by Crippen LogP contribution is -2.08. The molecule has 2 N–H and O–H groups in total. The normalized spacial score (nSPS) is 10.2. The van der Waals surface area contributed by atoms with Crippen LogP contribution in [0.2, 0.25) is 0 Å². The van der Waals surface area contributed by atoms with Crippen LogP contribution in [0.3, 0.4) is 0 Å². The summed E-state index contributed by atoms with van der Waals surface area (Å²) in [5, 5.41) is 3.57. The number of hydrogen-bond acceptors (Lipinski definition) is 3. The zero-order valence-electron chi connectivity index (χ0n) is 7.01. The van der Waals surface area contributed by atoms with Crippen LogP contribution in [0.25, 0.3) is 0 Å². The molecule has 0 fully saturated rings. The van der Waals surface area contributed by atoms with Crippen LogP contribution >= 0.6 is 12.2 Å². The largest absolute Gasteiger partial charge is 0.391 e. The lowest BCUT2D eigenvalue weighted by atomic mass is 10.2. The molecule has 0 amide bonds. The van der Waals surface area contributed by atoms with E-state index in [0.717, 1.165) is 5.56 Å². The Morgan fingerprint density at radius 2 is 2.15 bits per heavy atom. The van der Waals surface area contributed by atoms with Crippen LogP contribution in [0, 0.1) is 0 Å². The quantitative estimate of drug-likeness (QED) is 0.448. The Balaban J connectivity index is 2.32. The molecule has 0 aliphatic carbocycles. The Morgan fingerprint density at radius 1 is 1.46 bits per heavy atom. The zero-order chi connectivity index (χ0) is 9.52. The van der Waals surface area contributed by atoms with Crippen LogP contribution in [-0.2, 0) is 11.4 Å². The Hall–Kier alpha value is -1.42. The van der Waals surface area contributed by atoms with Crippen molar-refractivity contribution in [2.24, 2.45) is 10.9 Å². The highest BCUT2D eigenvalue weighted by Crippen LogP contribution is 1.99. The summed E-state index contributed by atoms with van der Waals surface area (Å²) in [5.41, 5.74) is 6.23. The highest BCUT2D eigenvalue weighted by atomic mass is 32.1. The van der Waals surface area contributed by atoms with Gasteiger partial charge >= 0.3 is 0 Å². The number of nitrogens with zero attached hydrogens (tertiary/aromatic N) is 1. The van der Waals surface area contributed by atoms with Crippen LogP contribution < -0.4 is 5.73 Å². The van der Waals surface area contributed by atoms with Gasteiger partial charge in [-0.2, -0.15) is 0 Å². The van der Waals surface area contributed by atoms with E-state index in [1.54, 1.807) is 0 Å². The van der Waals surface area contributed by atoms with E-state index in [0.29, 0.717) is 6.61 Å². The second-order valence-corrected chi connectivity index (χ2v) is 2.87. The Labute approximate surface area is 82.2 Å². The lowest BCUT2D eigenvalue weighted by Gasteiger charge is -1.97. The van der Waals surface area contributed by atoms with Crippen LogP contribution in [-0.4, -0.2) is 11.2 Å². The fourth-order valence-electron chi connectivity index (χ4n) is 0.775. The number of rotatable bonds is 4. The van der Waals surface area contributed by atoms with Crippen LogP contribution in [0.4, 0.5) is 0 Å². The van der Waals surface area contributed by atoms with Crippen LogP contribution in [0.5, 0.6) is 0 Å². The molecule has 1 aromatic rings. The van der Waals surface area contributed by atoms with E-state index in [1.165, 1.54) is 6.21 Å². The first kappa shape index (κ1) is 9.67. The van der Waals surface area contributed by atoms with Crippen LogP contribution in [0.1, 0.15) is 5.56 Å². The molecule has 4 heteroatoms. The Bertz CT molecular complexity index is 298. The summed E-state index contributed by atoms with van der Waals surface area (Å²) >= 11 is 4.57. The topological polar surface area (TPSA) is 47.6 Å². The maximum absolute atomic E-state index is 5.17. The van der Waals surface area contributed by atoms with Crippen molar-refractivity contribution in [1.82, 2.24) is 0 Å². The van der Waals surface area contributed by atoms with Gasteiger partial charge < -0.3 is 10.6 Å². The summed E-state index contributed by atoms with van der Waals surface area (Å²) in [6, 6.07) is 9.74. The molecule has 0 heterocycles. The number of hydrogen-bond donors (Lipinski definition) is 1. The molecule has 0 saturated heterocycles. The molecule has 0 aliphatic rings. The van der Waals surface area contributed by atoms with Gasteiger partial charge in [-0.25, -0.2) is 0 Å². The smallest absolute Gasteiger partial charge is 0.142 e. The SMILES string of the molecule is NC(=S)/C=N\OCc1ccccc1. The molecule has 13 heavy (non-hydrogen) atoms. The van der Waals surface area contributed by atoms with Gasteiger partial charge in [0.15, 0.2) is 0 Å². The summed E-state index contributed by atoms with van der Waals surface area (Å²) in [7, 11) is 0. The molecule has 0 atom stereocenters. The molecule has 0 spiro atoms. The summed E-state index contributed by atoms with van der Waals surface area (Å²) in [6.07, 6.45) is 1.30. The first-order valence-corrected chi connectivity index (χ1v) is 4.18. The highest BCUT2D eigenvalue weighted by molar-refractivity contribution is 7.81. The first-order valence-electron chi connectivity index (χ1n) is 3.78. The van der Waals surface area contributed by atoms with Crippen molar-refractivity contribution in [3.05, 3.63) is 35.9 Å². The predicted octanol–water partition coefficient (Wildman–Crippen LogP) is 1.48. The van der Waals surface area contributed by atoms with Gasteiger partial charge in [-0.15, -0.1) is 0 Å². The standard InChI is InChI=1S/C9H10N2OS/c10-9(13)6-11-12-7-8-4-2-1-3-5-8/h1-6H,7H2,(H2,10,13)/b11-6-. The van der Waals surface area contributed by atoms with Crippen molar-refractivity contribution in [3.63, 3.8) is 0 Å². The van der Waals surface area contributed by atoms with Gasteiger partial charge in [0.2, 0.25) is 0 Å². The second-order valence-electron chi connectivity index (χ2n) is 2.40. The van der Waals surface area contributed by atoms with Crippen molar-refractivity contribution >= 4 is 23.4 Å². The lowest BCUT2D eigenvalue weighted by molar-refractivity contribution is 0.132.